The third-order valence-electron chi connectivity index (χ3n) is 4.48. The summed E-state index contributed by atoms with van der Waals surface area (Å²) < 4.78 is 0. The van der Waals surface area contributed by atoms with Gasteiger partial charge in [0.15, 0.2) is 0 Å². The fraction of sp³-hybridized carbons (Fsp3) is 0.167. The number of rotatable bonds is 7. The molecule has 0 radical (unpaired) electrons. The van der Waals surface area contributed by atoms with Gasteiger partial charge < -0.3 is 10.6 Å². The van der Waals surface area contributed by atoms with Gasteiger partial charge >= 0.3 is 0 Å². The van der Waals surface area contributed by atoms with E-state index in [9.17, 15) is 9.59 Å². The monoisotopic (exact) mass is 438 g/mol. The number of nitrogens with one attached hydrogen (secondary N) is 2. The van der Waals surface area contributed by atoms with Crippen molar-refractivity contribution in [3.63, 3.8) is 0 Å². The van der Waals surface area contributed by atoms with E-state index in [1.54, 1.807) is 12.1 Å². The van der Waals surface area contributed by atoms with Crippen molar-refractivity contribution >= 4 is 40.9 Å². The average Bonchev–Trinajstić information content (AvgIpc) is 2.74. The molecule has 0 aliphatic heterocycles. The lowest BCUT2D eigenvalue weighted by Crippen LogP contribution is -2.23. The van der Waals surface area contributed by atoms with Gasteiger partial charge in [0.1, 0.15) is 0 Å². The molecule has 0 bridgehead atoms. The zero-order valence-corrected chi connectivity index (χ0v) is 18.4. The van der Waals surface area contributed by atoms with Crippen LogP contribution in [0.15, 0.2) is 76.5 Å². The summed E-state index contributed by atoms with van der Waals surface area (Å²) in [4.78, 5) is 26.1. The van der Waals surface area contributed by atoms with Crippen LogP contribution in [0.2, 0.25) is 5.02 Å². The van der Waals surface area contributed by atoms with Crippen LogP contribution in [0, 0.1) is 0 Å². The quantitative estimate of drug-likeness (QED) is 0.479. The first-order valence-corrected chi connectivity index (χ1v) is 10.8. The number of hydrogen-bond acceptors (Lipinski definition) is 3. The van der Waals surface area contributed by atoms with Crippen molar-refractivity contribution in [1.29, 1.82) is 0 Å². The van der Waals surface area contributed by atoms with Crippen LogP contribution in [-0.4, -0.2) is 11.8 Å². The smallest absolute Gasteiger partial charge is 0.251 e. The molecule has 154 valence electrons. The highest BCUT2D eigenvalue weighted by Gasteiger charge is 2.12. The van der Waals surface area contributed by atoms with Crippen LogP contribution in [0.5, 0.6) is 0 Å². The number of amides is 2. The molecule has 0 unspecified atom stereocenters. The Morgan fingerprint density at radius 3 is 2.23 bits per heavy atom. The van der Waals surface area contributed by atoms with Gasteiger partial charge in [0, 0.05) is 33.8 Å². The lowest BCUT2D eigenvalue weighted by molar-refractivity contribution is -0.114. The topological polar surface area (TPSA) is 58.2 Å². The van der Waals surface area contributed by atoms with Crippen LogP contribution >= 0.6 is 23.4 Å². The Kier molecular flexibility index (Phi) is 7.55. The summed E-state index contributed by atoms with van der Waals surface area (Å²) in [6, 6.07) is 20.9. The Morgan fingerprint density at radius 1 is 0.933 bits per heavy atom. The summed E-state index contributed by atoms with van der Waals surface area (Å²) in [5.41, 5.74) is 3.39. The number of aryl methyl sites for hydroxylation is 1. The summed E-state index contributed by atoms with van der Waals surface area (Å²) in [6.45, 7) is 4.00. The highest BCUT2D eigenvalue weighted by Crippen LogP contribution is 2.34. The van der Waals surface area contributed by atoms with Crippen LogP contribution in [0.1, 0.15) is 35.3 Å². The molecule has 0 aliphatic carbocycles. The maximum Gasteiger partial charge on any atom is 0.251 e. The summed E-state index contributed by atoms with van der Waals surface area (Å²) in [5.74, 6) is -0.384. The SMILES string of the molecule is CCc1ccc(CNC(=O)c2ccc(Sc3ccc(Cl)cc3)c(NC(C)=O)c2)cc1. The van der Waals surface area contributed by atoms with Crippen LogP contribution < -0.4 is 10.6 Å². The van der Waals surface area contributed by atoms with Gasteiger partial charge in [-0.25, -0.2) is 0 Å². The van der Waals surface area contributed by atoms with Crippen molar-refractivity contribution < 1.29 is 9.59 Å². The summed E-state index contributed by atoms with van der Waals surface area (Å²) in [6.07, 6.45) is 0.985. The van der Waals surface area contributed by atoms with E-state index >= 15 is 0 Å². The molecule has 0 aromatic heterocycles. The molecule has 0 saturated heterocycles. The third kappa shape index (κ3) is 6.12. The second-order valence-corrected chi connectivity index (χ2v) is 8.35. The van der Waals surface area contributed by atoms with Gasteiger partial charge in [0.25, 0.3) is 5.91 Å². The molecule has 0 aliphatic rings. The second kappa shape index (κ2) is 10.3. The zero-order valence-electron chi connectivity index (χ0n) is 16.9. The molecule has 6 heteroatoms. The highest BCUT2D eigenvalue weighted by molar-refractivity contribution is 7.99. The molecular weight excluding hydrogens is 416 g/mol. The Bertz CT molecular complexity index is 1030. The lowest BCUT2D eigenvalue weighted by atomic mass is 10.1. The Morgan fingerprint density at radius 2 is 1.60 bits per heavy atom. The molecule has 30 heavy (non-hydrogen) atoms. The van der Waals surface area contributed by atoms with E-state index in [0.717, 1.165) is 21.8 Å². The first-order valence-electron chi connectivity index (χ1n) is 9.65. The van der Waals surface area contributed by atoms with Gasteiger partial charge in [0.2, 0.25) is 5.91 Å². The van der Waals surface area contributed by atoms with E-state index in [4.69, 9.17) is 11.6 Å². The molecule has 2 amide bonds. The van der Waals surface area contributed by atoms with E-state index in [0.29, 0.717) is 22.8 Å². The Hall–Kier alpha value is -2.76. The lowest BCUT2D eigenvalue weighted by Gasteiger charge is -2.12. The molecular formula is C24H23ClN2O2S. The molecule has 3 aromatic rings. The Labute approximate surface area is 186 Å². The molecule has 3 rings (SSSR count). The molecule has 0 heterocycles. The molecule has 3 aromatic carbocycles. The minimum atomic E-state index is -0.193. The number of anilines is 1. The van der Waals surface area contributed by atoms with Crippen molar-refractivity contribution in [3.8, 4) is 0 Å². The largest absolute Gasteiger partial charge is 0.348 e. The van der Waals surface area contributed by atoms with Crippen LogP contribution in [-0.2, 0) is 17.8 Å². The van der Waals surface area contributed by atoms with Crippen molar-refractivity contribution in [3.05, 3.63) is 88.4 Å². The second-order valence-electron chi connectivity index (χ2n) is 6.80. The van der Waals surface area contributed by atoms with Gasteiger partial charge in [-0.05, 0) is 60.0 Å². The number of halogens is 1. The molecule has 0 atom stereocenters. The normalized spacial score (nSPS) is 10.5. The van der Waals surface area contributed by atoms with Crippen LogP contribution in [0.25, 0.3) is 0 Å². The van der Waals surface area contributed by atoms with Crippen molar-refractivity contribution in [2.45, 2.75) is 36.6 Å². The minimum absolute atomic E-state index is 0.191. The number of carbonyl (C=O) groups excluding carboxylic acids is 2. The molecule has 4 nitrogen and oxygen atoms in total. The minimum Gasteiger partial charge on any atom is -0.348 e. The van der Waals surface area contributed by atoms with Crippen molar-refractivity contribution in [2.24, 2.45) is 0 Å². The van der Waals surface area contributed by atoms with Gasteiger partial charge in [-0.15, -0.1) is 0 Å². The average molecular weight is 439 g/mol. The predicted octanol–water partition coefficient (Wildman–Crippen LogP) is 5.94. The van der Waals surface area contributed by atoms with Crippen molar-refractivity contribution in [1.82, 2.24) is 5.32 Å². The first kappa shape index (κ1) is 21.9. The highest BCUT2D eigenvalue weighted by atomic mass is 35.5. The molecule has 0 fully saturated rings. The fourth-order valence-electron chi connectivity index (χ4n) is 2.85. The predicted molar refractivity (Wildman–Crippen MR) is 123 cm³/mol. The zero-order chi connectivity index (χ0) is 21.5. The van der Waals surface area contributed by atoms with E-state index in [1.807, 2.05) is 42.5 Å². The molecule has 0 saturated carbocycles. The number of benzene rings is 3. The summed E-state index contributed by atoms with van der Waals surface area (Å²) in [5, 5.41) is 6.42. The first-order chi connectivity index (χ1) is 14.4. The van der Waals surface area contributed by atoms with E-state index < -0.39 is 0 Å². The van der Waals surface area contributed by atoms with E-state index in [2.05, 4.69) is 29.7 Å². The standard InChI is InChI=1S/C24H23ClN2O2S/c1-3-17-4-6-18(7-5-17)15-26-24(29)19-8-13-23(22(14-19)27-16(2)28)30-21-11-9-20(25)10-12-21/h4-14H,3,15H2,1-2H3,(H,26,29)(H,27,28). The van der Waals surface area contributed by atoms with Crippen LogP contribution in [0.4, 0.5) is 5.69 Å². The summed E-state index contributed by atoms with van der Waals surface area (Å²) in [7, 11) is 0. The number of carbonyl (C=O) groups is 2. The van der Waals surface area contributed by atoms with Gasteiger partial charge in [-0.2, -0.15) is 0 Å². The molecule has 2 N–H and O–H groups in total. The van der Waals surface area contributed by atoms with E-state index in [-0.39, 0.29) is 11.8 Å². The summed E-state index contributed by atoms with van der Waals surface area (Å²) >= 11 is 7.44. The van der Waals surface area contributed by atoms with Gasteiger partial charge in [0.05, 0.1) is 5.69 Å². The van der Waals surface area contributed by atoms with Gasteiger partial charge in [-0.1, -0.05) is 54.6 Å². The number of hydrogen-bond donors (Lipinski definition) is 2. The fourth-order valence-corrected chi connectivity index (χ4v) is 3.86. The molecule has 0 spiro atoms. The third-order valence-corrected chi connectivity index (χ3v) is 5.81. The maximum atomic E-state index is 12.6. The maximum absolute atomic E-state index is 12.6. The van der Waals surface area contributed by atoms with Crippen molar-refractivity contribution in [2.75, 3.05) is 5.32 Å². The Balaban J connectivity index is 1.74. The van der Waals surface area contributed by atoms with E-state index in [1.165, 1.54) is 24.2 Å². The van der Waals surface area contributed by atoms with Gasteiger partial charge in [-0.3, -0.25) is 9.59 Å². The van der Waals surface area contributed by atoms with Crippen LogP contribution in [0.3, 0.4) is 0 Å².